The number of fused-ring (bicyclic) bond motifs is 2. The molecular formula is C18H15F2N5O2. The van der Waals surface area contributed by atoms with E-state index in [1.165, 1.54) is 0 Å². The number of benzene rings is 2. The zero-order chi connectivity index (χ0) is 19.0. The Bertz CT molecular complexity index is 1140. The van der Waals surface area contributed by atoms with E-state index < -0.39 is 12.5 Å². The molecule has 27 heavy (non-hydrogen) atoms. The number of nitrogens with zero attached hydrogens (tertiary/aromatic N) is 5. The number of imidazole rings is 1. The largest absolute Gasteiger partial charge is 0.454 e. The maximum absolute atomic E-state index is 13.4. The van der Waals surface area contributed by atoms with Crippen LogP contribution in [0.15, 0.2) is 42.5 Å². The summed E-state index contributed by atoms with van der Waals surface area (Å²) in [6, 6.07) is 11.4. The fraction of sp³-hybridized carbons (Fsp3) is 0.222. The van der Waals surface area contributed by atoms with Crippen molar-refractivity contribution in [1.29, 1.82) is 0 Å². The third-order valence-electron chi connectivity index (χ3n) is 4.25. The Morgan fingerprint density at radius 3 is 2.74 bits per heavy atom. The van der Waals surface area contributed by atoms with Crippen LogP contribution in [0.5, 0.6) is 0 Å². The predicted molar refractivity (Wildman–Crippen MR) is 93.3 cm³/mol. The second-order valence-corrected chi connectivity index (χ2v) is 5.85. The summed E-state index contributed by atoms with van der Waals surface area (Å²) in [5.41, 5.74) is 2.34. The molecule has 0 saturated carbocycles. The smallest absolute Gasteiger partial charge is 0.338 e. The van der Waals surface area contributed by atoms with Crippen LogP contribution in [-0.4, -0.2) is 30.5 Å². The summed E-state index contributed by atoms with van der Waals surface area (Å²) in [6.45, 7) is -0.556. The number of aromatic nitrogens is 5. The minimum absolute atomic E-state index is 0.0162. The van der Waals surface area contributed by atoms with Gasteiger partial charge >= 0.3 is 12.5 Å². The number of ether oxygens (including phenoxy) is 1. The topological polar surface area (TPSA) is 74.8 Å². The van der Waals surface area contributed by atoms with Gasteiger partial charge in [-0.2, -0.15) is 8.78 Å². The van der Waals surface area contributed by atoms with Crippen LogP contribution >= 0.6 is 0 Å². The molecule has 2 aromatic heterocycles. The van der Waals surface area contributed by atoms with Gasteiger partial charge < -0.3 is 4.74 Å². The van der Waals surface area contributed by atoms with Crippen molar-refractivity contribution in [3.05, 3.63) is 53.9 Å². The average molecular weight is 371 g/mol. The van der Waals surface area contributed by atoms with E-state index in [0.717, 1.165) is 10.1 Å². The zero-order valence-electron chi connectivity index (χ0n) is 14.3. The second-order valence-electron chi connectivity index (χ2n) is 5.85. The first-order chi connectivity index (χ1) is 13.1. The number of halogens is 2. The molecule has 0 aliphatic carbocycles. The lowest BCUT2D eigenvalue weighted by molar-refractivity contribution is 0.0387. The van der Waals surface area contributed by atoms with Crippen LogP contribution in [0.1, 0.15) is 29.7 Å². The number of hydrogen-bond acceptors (Lipinski definition) is 5. The molecule has 0 N–H and O–H groups in total. The molecule has 4 rings (SSSR count). The molecule has 4 aromatic rings. The van der Waals surface area contributed by atoms with Crippen LogP contribution in [-0.2, 0) is 17.9 Å². The Kier molecular flexibility index (Phi) is 4.27. The highest BCUT2D eigenvalue weighted by molar-refractivity contribution is 5.93. The van der Waals surface area contributed by atoms with E-state index >= 15 is 0 Å². The SMILES string of the molecule is CCn1nnc2cc(C(=O)OCc3nc4ccccc4n3C(F)F)ccc21. The Morgan fingerprint density at radius 1 is 1.15 bits per heavy atom. The fourth-order valence-corrected chi connectivity index (χ4v) is 2.96. The summed E-state index contributed by atoms with van der Waals surface area (Å²) in [7, 11) is 0. The molecule has 0 aliphatic rings. The molecule has 0 atom stereocenters. The predicted octanol–water partition coefficient (Wildman–Crippen LogP) is 3.55. The Hall–Kier alpha value is -3.36. The zero-order valence-corrected chi connectivity index (χ0v) is 14.3. The molecule has 0 saturated heterocycles. The van der Waals surface area contributed by atoms with Crippen LogP contribution < -0.4 is 0 Å². The number of esters is 1. The molecule has 0 amide bonds. The van der Waals surface area contributed by atoms with E-state index in [1.807, 2.05) is 6.92 Å². The summed E-state index contributed by atoms with van der Waals surface area (Å²) in [5, 5.41) is 7.99. The molecule has 138 valence electrons. The summed E-state index contributed by atoms with van der Waals surface area (Å²) in [4.78, 5) is 16.5. The number of carbonyl (C=O) groups excluding carboxylic acids is 1. The second kappa shape index (κ2) is 6.75. The molecule has 9 heteroatoms. The number of carbonyl (C=O) groups is 1. The molecule has 7 nitrogen and oxygen atoms in total. The molecule has 0 spiro atoms. The molecule has 2 heterocycles. The van der Waals surface area contributed by atoms with Crippen molar-refractivity contribution in [3.8, 4) is 0 Å². The summed E-state index contributed by atoms with van der Waals surface area (Å²) in [6.07, 6.45) is 0. The highest BCUT2D eigenvalue weighted by Gasteiger charge is 2.19. The molecule has 0 unspecified atom stereocenters. The molecule has 2 aromatic carbocycles. The van der Waals surface area contributed by atoms with Gasteiger partial charge in [0.15, 0.2) is 5.82 Å². The Labute approximate surface area is 152 Å². The van der Waals surface area contributed by atoms with E-state index in [-0.39, 0.29) is 23.5 Å². The lowest BCUT2D eigenvalue weighted by Gasteiger charge is -2.08. The van der Waals surface area contributed by atoms with Crippen molar-refractivity contribution in [2.45, 2.75) is 26.6 Å². The summed E-state index contributed by atoms with van der Waals surface area (Å²) in [5.74, 6) is -0.659. The number of para-hydroxylation sites is 2. The first-order valence-electron chi connectivity index (χ1n) is 8.33. The maximum Gasteiger partial charge on any atom is 0.338 e. The van der Waals surface area contributed by atoms with Crippen molar-refractivity contribution in [2.24, 2.45) is 0 Å². The molecule has 0 radical (unpaired) electrons. The highest BCUT2D eigenvalue weighted by atomic mass is 19.3. The van der Waals surface area contributed by atoms with Gasteiger partial charge in [0, 0.05) is 6.54 Å². The van der Waals surface area contributed by atoms with E-state index in [1.54, 1.807) is 47.1 Å². The molecule has 0 fully saturated rings. The first kappa shape index (κ1) is 17.1. The van der Waals surface area contributed by atoms with Gasteiger partial charge in [-0.05, 0) is 37.3 Å². The lowest BCUT2D eigenvalue weighted by atomic mass is 10.2. The third-order valence-corrected chi connectivity index (χ3v) is 4.25. The number of rotatable bonds is 5. The van der Waals surface area contributed by atoms with Crippen molar-refractivity contribution in [2.75, 3.05) is 0 Å². The van der Waals surface area contributed by atoms with Crippen LogP contribution in [0.4, 0.5) is 8.78 Å². The minimum Gasteiger partial charge on any atom is -0.454 e. The van der Waals surface area contributed by atoms with Crippen molar-refractivity contribution >= 4 is 28.0 Å². The van der Waals surface area contributed by atoms with Crippen LogP contribution in [0.3, 0.4) is 0 Å². The van der Waals surface area contributed by atoms with Crippen LogP contribution in [0, 0.1) is 0 Å². The van der Waals surface area contributed by atoms with Gasteiger partial charge in [-0.15, -0.1) is 5.10 Å². The van der Waals surface area contributed by atoms with Gasteiger partial charge in [-0.3, -0.25) is 4.57 Å². The van der Waals surface area contributed by atoms with Crippen LogP contribution in [0.2, 0.25) is 0 Å². The van der Waals surface area contributed by atoms with E-state index in [9.17, 15) is 13.6 Å². The summed E-state index contributed by atoms with van der Waals surface area (Å²) >= 11 is 0. The van der Waals surface area contributed by atoms with Crippen molar-refractivity contribution in [1.82, 2.24) is 24.5 Å². The number of aryl methyl sites for hydroxylation is 1. The van der Waals surface area contributed by atoms with E-state index in [4.69, 9.17) is 4.74 Å². The normalized spacial score (nSPS) is 11.6. The molecule has 0 aliphatic heterocycles. The molecular weight excluding hydrogens is 356 g/mol. The quantitative estimate of drug-likeness (QED) is 0.502. The van der Waals surface area contributed by atoms with Gasteiger partial charge in [-0.25, -0.2) is 14.5 Å². The van der Waals surface area contributed by atoms with Crippen LogP contribution in [0.25, 0.3) is 22.1 Å². The molecule has 0 bridgehead atoms. The number of alkyl halides is 2. The first-order valence-corrected chi connectivity index (χ1v) is 8.33. The van der Waals surface area contributed by atoms with Gasteiger partial charge in [0.05, 0.1) is 22.1 Å². The Morgan fingerprint density at radius 2 is 1.96 bits per heavy atom. The Balaban J connectivity index is 1.57. The lowest BCUT2D eigenvalue weighted by Crippen LogP contribution is -2.10. The van der Waals surface area contributed by atoms with Crippen molar-refractivity contribution < 1.29 is 18.3 Å². The fourth-order valence-electron chi connectivity index (χ4n) is 2.96. The van der Waals surface area contributed by atoms with Gasteiger partial charge in [0.2, 0.25) is 0 Å². The van der Waals surface area contributed by atoms with Gasteiger partial charge in [-0.1, -0.05) is 17.3 Å². The maximum atomic E-state index is 13.4. The van der Waals surface area contributed by atoms with Crippen molar-refractivity contribution in [3.63, 3.8) is 0 Å². The number of hydrogen-bond donors (Lipinski definition) is 0. The van der Waals surface area contributed by atoms with Gasteiger partial charge in [0.1, 0.15) is 12.1 Å². The average Bonchev–Trinajstić information content (AvgIpc) is 3.26. The van der Waals surface area contributed by atoms with E-state index in [2.05, 4.69) is 15.3 Å². The minimum atomic E-state index is -2.79. The third kappa shape index (κ3) is 3.01. The highest BCUT2D eigenvalue weighted by Crippen LogP contribution is 2.24. The monoisotopic (exact) mass is 371 g/mol. The summed E-state index contributed by atoms with van der Waals surface area (Å²) < 4.78 is 34.5. The standard InChI is InChI=1S/C18H15F2N5O2/c1-2-24-14-8-7-11(9-13(14)22-23-24)17(26)27-10-16-21-12-5-3-4-6-15(12)25(16)18(19)20/h3-9,18H,2,10H2,1H3. The van der Waals surface area contributed by atoms with Gasteiger partial charge in [0.25, 0.3) is 0 Å². The van der Waals surface area contributed by atoms with E-state index in [0.29, 0.717) is 17.6 Å².